The van der Waals surface area contributed by atoms with Crippen LogP contribution < -0.4 is 4.74 Å². The average Bonchev–Trinajstić information content (AvgIpc) is 3.07. The highest BCUT2D eigenvalue weighted by Gasteiger charge is 2.55. The van der Waals surface area contributed by atoms with Crippen LogP contribution in [0.4, 0.5) is 0 Å². The van der Waals surface area contributed by atoms with Gasteiger partial charge in [-0.15, -0.1) is 11.8 Å². The van der Waals surface area contributed by atoms with E-state index in [0.717, 1.165) is 44.9 Å². The van der Waals surface area contributed by atoms with Crippen molar-refractivity contribution < 1.29 is 24.0 Å². The fraction of sp³-hybridized carbons (Fsp3) is 0.800. The Hall–Kier alpha value is -1.34. The summed E-state index contributed by atoms with van der Waals surface area (Å²) in [5, 5.41) is 15.4. The predicted molar refractivity (Wildman–Crippen MR) is 121 cm³/mol. The van der Waals surface area contributed by atoms with E-state index in [1.807, 2.05) is 13.8 Å². The molecule has 0 saturated heterocycles. The first kappa shape index (κ1) is 22.5. The number of ether oxygens (including phenoxy) is 1. The minimum absolute atomic E-state index is 0.00413. The molecule has 0 spiro atoms. The first-order chi connectivity index (χ1) is 15.1. The lowest BCUT2D eigenvalue weighted by molar-refractivity contribution is -0.151. The molecule has 1 N–H and O–H groups in total. The molecule has 2 atom stereocenters. The van der Waals surface area contributed by atoms with Crippen LogP contribution in [0.2, 0.25) is 0 Å². The fourth-order valence-electron chi connectivity index (χ4n) is 6.37. The van der Waals surface area contributed by atoms with Crippen molar-refractivity contribution in [3.63, 3.8) is 0 Å². The fourth-order valence-corrected chi connectivity index (χ4v) is 7.73. The van der Waals surface area contributed by atoms with E-state index in [1.54, 1.807) is 18.7 Å². The highest BCUT2D eigenvalue weighted by atomic mass is 32.2. The molecule has 176 valence electrons. The smallest absolute Gasteiger partial charge is 0.268 e. The van der Waals surface area contributed by atoms with Crippen molar-refractivity contribution in [3.8, 4) is 5.88 Å². The molecule has 6 rings (SSSR count). The molecular formula is C25H35NO5S. The zero-order valence-electron chi connectivity index (χ0n) is 19.4. The van der Waals surface area contributed by atoms with Crippen LogP contribution in [0.15, 0.2) is 9.42 Å². The van der Waals surface area contributed by atoms with Gasteiger partial charge in [-0.2, -0.15) is 0 Å². The Morgan fingerprint density at radius 3 is 2.47 bits per heavy atom. The molecule has 5 aliphatic carbocycles. The molecule has 6 nitrogen and oxygen atoms in total. The van der Waals surface area contributed by atoms with Gasteiger partial charge in [-0.1, -0.05) is 6.42 Å². The van der Waals surface area contributed by atoms with Crippen molar-refractivity contribution in [1.82, 2.24) is 5.16 Å². The molecule has 7 heteroatoms. The number of ketones is 2. The summed E-state index contributed by atoms with van der Waals surface area (Å²) in [6, 6.07) is 0. The van der Waals surface area contributed by atoms with Gasteiger partial charge >= 0.3 is 0 Å². The van der Waals surface area contributed by atoms with Crippen LogP contribution in [0, 0.1) is 29.1 Å². The van der Waals surface area contributed by atoms with Crippen LogP contribution in [-0.4, -0.2) is 39.3 Å². The SMILES string of the molecule is CC(=O)C(C)(C)COc1noc(C(=O)CC2C3CC4CC2CC(O)(C4)C3)c1SC1CCC1. The van der Waals surface area contributed by atoms with Gasteiger partial charge in [0.2, 0.25) is 11.5 Å². The molecule has 1 aromatic heterocycles. The predicted octanol–water partition coefficient (Wildman–Crippen LogP) is 5.07. The van der Waals surface area contributed by atoms with Crippen LogP contribution in [0.5, 0.6) is 5.88 Å². The molecule has 5 aliphatic rings. The Kier molecular flexibility index (Phi) is 5.72. The molecular weight excluding hydrogens is 426 g/mol. The third kappa shape index (κ3) is 4.15. The topological polar surface area (TPSA) is 89.6 Å². The number of hydrogen-bond acceptors (Lipinski definition) is 7. The Bertz CT molecular complexity index is 888. The zero-order chi connectivity index (χ0) is 22.7. The van der Waals surface area contributed by atoms with E-state index in [9.17, 15) is 14.7 Å². The van der Waals surface area contributed by atoms with Crippen LogP contribution in [0.3, 0.4) is 0 Å². The van der Waals surface area contributed by atoms with Crippen molar-refractivity contribution >= 4 is 23.3 Å². The number of carbonyl (C=O) groups is 2. The second kappa shape index (κ2) is 8.15. The highest BCUT2D eigenvalue weighted by molar-refractivity contribution is 8.00. The number of thioether (sulfide) groups is 1. The average molecular weight is 462 g/mol. The van der Waals surface area contributed by atoms with Gasteiger partial charge in [0.1, 0.15) is 17.3 Å². The van der Waals surface area contributed by atoms with Gasteiger partial charge in [0, 0.05) is 11.7 Å². The number of Topliss-reactive ketones (excluding diaryl/α,β-unsaturated/α-hetero) is 2. The zero-order valence-corrected chi connectivity index (χ0v) is 20.2. The summed E-state index contributed by atoms with van der Waals surface area (Å²) >= 11 is 1.64. The number of hydrogen-bond donors (Lipinski definition) is 1. The maximum Gasteiger partial charge on any atom is 0.268 e. The van der Waals surface area contributed by atoms with Crippen molar-refractivity contribution in [2.45, 2.75) is 94.3 Å². The second-order valence-electron chi connectivity index (χ2n) is 11.5. The molecule has 2 unspecified atom stereocenters. The van der Waals surface area contributed by atoms with E-state index >= 15 is 0 Å². The van der Waals surface area contributed by atoms with Crippen molar-refractivity contribution in [2.24, 2.45) is 29.1 Å². The molecule has 0 amide bonds. The maximum absolute atomic E-state index is 13.4. The van der Waals surface area contributed by atoms with E-state index in [4.69, 9.17) is 9.26 Å². The maximum atomic E-state index is 13.4. The lowest BCUT2D eigenvalue weighted by atomic mass is 9.49. The van der Waals surface area contributed by atoms with Crippen LogP contribution in [0.25, 0.3) is 0 Å². The van der Waals surface area contributed by atoms with Crippen LogP contribution in [-0.2, 0) is 4.79 Å². The largest absolute Gasteiger partial charge is 0.474 e. The highest BCUT2D eigenvalue weighted by Crippen LogP contribution is 2.59. The van der Waals surface area contributed by atoms with E-state index < -0.39 is 11.0 Å². The van der Waals surface area contributed by atoms with Crippen molar-refractivity contribution in [2.75, 3.05) is 6.61 Å². The molecule has 0 aliphatic heterocycles. The first-order valence-corrected chi connectivity index (χ1v) is 13.1. The molecule has 32 heavy (non-hydrogen) atoms. The minimum atomic E-state index is -0.623. The number of carbonyl (C=O) groups excluding carboxylic acids is 2. The van der Waals surface area contributed by atoms with E-state index in [-0.39, 0.29) is 18.2 Å². The van der Waals surface area contributed by atoms with E-state index in [2.05, 4.69) is 5.16 Å². The minimum Gasteiger partial charge on any atom is -0.474 e. The summed E-state index contributed by atoms with van der Waals surface area (Å²) in [6.45, 7) is 5.46. The summed E-state index contributed by atoms with van der Waals surface area (Å²) in [4.78, 5) is 26.0. The molecule has 1 aromatic rings. The lowest BCUT2D eigenvalue weighted by Gasteiger charge is -2.58. The Morgan fingerprint density at radius 1 is 1.22 bits per heavy atom. The number of aromatic nitrogens is 1. The van der Waals surface area contributed by atoms with Crippen LogP contribution in [0.1, 0.15) is 89.1 Å². The summed E-state index contributed by atoms with van der Waals surface area (Å²) in [5.41, 5.74) is -1.11. The standard InChI is InChI=1S/C25H35NO5S/c1-14(27)24(2,3)13-30-23-22(32-18-5-4-6-18)21(31-26-23)20(28)9-19-16-7-15-8-17(19)12-25(29,10-15)11-16/h15-19,29H,4-13H2,1-3H3. The van der Waals surface area contributed by atoms with E-state index in [0.29, 0.717) is 51.9 Å². The Morgan fingerprint density at radius 2 is 1.91 bits per heavy atom. The first-order valence-electron chi connectivity index (χ1n) is 12.2. The third-order valence-electron chi connectivity index (χ3n) is 8.59. The molecule has 5 saturated carbocycles. The van der Waals surface area contributed by atoms with Gasteiger partial charge in [-0.3, -0.25) is 9.59 Å². The van der Waals surface area contributed by atoms with Gasteiger partial charge < -0.3 is 14.4 Å². The second-order valence-corrected chi connectivity index (χ2v) is 12.8. The van der Waals surface area contributed by atoms with Gasteiger partial charge in [0.15, 0.2) is 0 Å². The third-order valence-corrected chi connectivity index (χ3v) is 9.99. The molecule has 5 fully saturated rings. The van der Waals surface area contributed by atoms with Gasteiger partial charge in [-0.05, 0) is 94.5 Å². The molecule has 0 aromatic carbocycles. The normalized spacial score (nSPS) is 33.9. The summed E-state index contributed by atoms with van der Waals surface area (Å²) in [6.07, 6.45) is 8.82. The number of rotatable bonds is 9. The summed E-state index contributed by atoms with van der Waals surface area (Å²) in [7, 11) is 0. The van der Waals surface area contributed by atoms with Crippen molar-refractivity contribution in [3.05, 3.63) is 5.76 Å². The summed E-state index contributed by atoms with van der Waals surface area (Å²) in [5.74, 6) is 2.55. The lowest BCUT2D eigenvalue weighted by Crippen LogP contribution is -2.54. The van der Waals surface area contributed by atoms with Crippen LogP contribution >= 0.6 is 11.8 Å². The van der Waals surface area contributed by atoms with E-state index in [1.165, 1.54) is 6.42 Å². The monoisotopic (exact) mass is 461 g/mol. The summed E-state index contributed by atoms with van der Waals surface area (Å²) < 4.78 is 11.5. The number of aliphatic hydroxyl groups is 1. The number of nitrogens with zero attached hydrogens (tertiary/aromatic N) is 1. The van der Waals surface area contributed by atoms with Gasteiger partial charge in [0.05, 0.1) is 11.0 Å². The Labute approximate surface area is 194 Å². The molecule has 4 bridgehead atoms. The Balaban J connectivity index is 1.32. The van der Waals surface area contributed by atoms with Gasteiger partial charge in [-0.25, -0.2) is 0 Å². The molecule has 0 radical (unpaired) electrons. The van der Waals surface area contributed by atoms with Gasteiger partial charge in [0.25, 0.3) is 5.88 Å². The molecule has 1 heterocycles. The quantitative estimate of drug-likeness (QED) is 0.513. The van der Waals surface area contributed by atoms with Crippen molar-refractivity contribution in [1.29, 1.82) is 0 Å².